The van der Waals surface area contributed by atoms with Gasteiger partial charge in [0.2, 0.25) is 0 Å². The van der Waals surface area contributed by atoms with E-state index in [0.29, 0.717) is 0 Å². The lowest BCUT2D eigenvalue weighted by Gasteiger charge is -2.07. The van der Waals surface area contributed by atoms with Crippen molar-refractivity contribution in [2.75, 3.05) is 7.11 Å². The van der Waals surface area contributed by atoms with Gasteiger partial charge in [0.05, 0.1) is 12.0 Å². The van der Waals surface area contributed by atoms with E-state index < -0.39 is 0 Å². The van der Waals surface area contributed by atoms with Gasteiger partial charge < -0.3 is 9.84 Å². The number of rotatable bonds is 4. The summed E-state index contributed by atoms with van der Waals surface area (Å²) in [6, 6.07) is 9.66. The Hall–Kier alpha value is -1.39. The van der Waals surface area contributed by atoms with Gasteiger partial charge >= 0.3 is 0 Å². The molecule has 0 aliphatic carbocycles. The van der Waals surface area contributed by atoms with Crippen LogP contribution in [0.25, 0.3) is 0 Å². The number of ether oxygens (including phenoxy) is 1. The summed E-state index contributed by atoms with van der Waals surface area (Å²) in [6.45, 7) is 1.85. The average molecular weight is 296 g/mol. The first kappa shape index (κ1) is 14.0. The average Bonchev–Trinajstić information content (AvgIpc) is 2.41. The fourth-order valence-electron chi connectivity index (χ4n) is 1.59. The zero-order chi connectivity index (χ0) is 13.8. The number of thioether (sulfide) groups is 1. The lowest BCUT2D eigenvalue weighted by Crippen LogP contribution is -1.87. The minimum atomic E-state index is 0.0470. The molecule has 0 fully saturated rings. The van der Waals surface area contributed by atoms with Crippen LogP contribution in [0.5, 0.6) is 11.5 Å². The van der Waals surface area contributed by atoms with E-state index in [1.54, 1.807) is 7.11 Å². The van der Waals surface area contributed by atoms with Crippen molar-refractivity contribution in [3.63, 3.8) is 0 Å². The monoisotopic (exact) mass is 295 g/mol. The van der Waals surface area contributed by atoms with E-state index >= 15 is 0 Å². The Labute approximate surface area is 121 Å². The van der Waals surface area contributed by atoms with Crippen molar-refractivity contribution in [2.24, 2.45) is 0 Å². The van der Waals surface area contributed by atoms with E-state index in [0.717, 1.165) is 27.7 Å². The van der Waals surface area contributed by atoms with Crippen LogP contribution in [0.1, 0.15) is 11.3 Å². The third kappa shape index (κ3) is 3.55. The summed E-state index contributed by atoms with van der Waals surface area (Å²) in [5, 5.41) is 10.00. The van der Waals surface area contributed by atoms with Gasteiger partial charge in [-0.2, -0.15) is 0 Å². The minimum absolute atomic E-state index is 0.0470. The van der Waals surface area contributed by atoms with Crippen LogP contribution in [0.3, 0.4) is 0 Å². The first-order valence-corrected chi connectivity index (χ1v) is 7.08. The number of methoxy groups -OCH3 is 1. The van der Waals surface area contributed by atoms with E-state index in [4.69, 9.17) is 16.3 Å². The molecule has 0 saturated heterocycles. The van der Waals surface area contributed by atoms with Gasteiger partial charge in [0.25, 0.3) is 0 Å². The highest BCUT2D eigenvalue weighted by molar-refractivity contribution is 7.98. The van der Waals surface area contributed by atoms with Crippen molar-refractivity contribution >= 4 is 23.4 Å². The largest absolute Gasteiger partial charge is 0.504 e. The number of aromatic nitrogens is 1. The molecule has 2 rings (SSSR count). The third-order valence-electron chi connectivity index (χ3n) is 2.60. The van der Waals surface area contributed by atoms with E-state index in [1.807, 2.05) is 37.3 Å². The molecule has 0 atom stereocenters. The molecule has 5 heteroatoms. The molecular formula is C14H14ClNO2S. The molecule has 2 aromatic rings. The molecule has 0 aliphatic rings. The van der Waals surface area contributed by atoms with Gasteiger partial charge in [0, 0.05) is 11.4 Å². The van der Waals surface area contributed by atoms with E-state index in [1.165, 1.54) is 11.8 Å². The Kier molecular flexibility index (Phi) is 4.56. The highest BCUT2D eigenvalue weighted by atomic mass is 35.5. The van der Waals surface area contributed by atoms with Crippen LogP contribution < -0.4 is 4.74 Å². The standard InChI is InChI=1S/C14H14ClNO2S/c1-9-7-12(13(17)14(15)16-9)19-8-10-3-5-11(18-2)6-4-10/h3-7,17H,8H2,1-2H3. The SMILES string of the molecule is COc1ccc(CSc2cc(C)nc(Cl)c2O)cc1. The second-order valence-electron chi connectivity index (χ2n) is 4.04. The zero-order valence-electron chi connectivity index (χ0n) is 10.7. The van der Waals surface area contributed by atoms with Crippen LogP contribution in [-0.4, -0.2) is 17.2 Å². The first-order chi connectivity index (χ1) is 9.10. The fourth-order valence-corrected chi connectivity index (χ4v) is 2.89. The smallest absolute Gasteiger partial charge is 0.172 e. The summed E-state index contributed by atoms with van der Waals surface area (Å²) in [7, 11) is 1.64. The van der Waals surface area contributed by atoms with Gasteiger partial charge in [-0.15, -0.1) is 11.8 Å². The third-order valence-corrected chi connectivity index (χ3v) is 3.96. The number of nitrogens with zero attached hydrogens (tertiary/aromatic N) is 1. The summed E-state index contributed by atoms with van der Waals surface area (Å²) in [5.74, 6) is 1.63. The van der Waals surface area contributed by atoms with Crippen molar-refractivity contribution in [1.29, 1.82) is 0 Å². The number of hydrogen-bond acceptors (Lipinski definition) is 4. The Bertz CT molecular complexity index is 572. The van der Waals surface area contributed by atoms with Crippen molar-refractivity contribution in [1.82, 2.24) is 4.98 Å². The van der Waals surface area contributed by atoms with Crippen LogP contribution >= 0.6 is 23.4 Å². The minimum Gasteiger partial charge on any atom is -0.504 e. The van der Waals surface area contributed by atoms with E-state index in [-0.39, 0.29) is 10.9 Å². The number of benzene rings is 1. The molecule has 1 aromatic heterocycles. The maximum atomic E-state index is 9.85. The number of pyridine rings is 1. The van der Waals surface area contributed by atoms with Crippen molar-refractivity contribution < 1.29 is 9.84 Å². The van der Waals surface area contributed by atoms with Gasteiger partial charge in [-0.3, -0.25) is 0 Å². The van der Waals surface area contributed by atoms with Crippen LogP contribution in [0.15, 0.2) is 35.2 Å². The van der Waals surface area contributed by atoms with Gasteiger partial charge in [-0.1, -0.05) is 23.7 Å². The lowest BCUT2D eigenvalue weighted by molar-refractivity contribution is 0.414. The molecule has 0 bridgehead atoms. The number of aromatic hydroxyl groups is 1. The lowest BCUT2D eigenvalue weighted by atomic mass is 10.2. The summed E-state index contributed by atoms with van der Waals surface area (Å²) in [5.41, 5.74) is 1.94. The van der Waals surface area contributed by atoms with Crippen molar-refractivity contribution in [2.45, 2.75) is 17.6 Å². The summed E-state index contributed by atoms with van der Waals surface area (Å²) in [6.07, 6.45) is 0. The molecule has 0 saturated carbocycles. The molecule has 19 heavy (non-hydrogen) atoms. The molecular weight excluding hydrogens is 282 g/mol. The molecule has 0 radical (unpaired) electrons. The first-order valence-electron chi connectivity index (χ1n) is 5.72. The maximum Gasteiger partial charge on any atom is 0.172 e. The normalized spacial score (nSPS) is 10.5. The molecule has 1 heterocycles. The molecule has 0 amide bonds. The highest BCUT2D eigenvalue weighted by Gasteiger charge is 2.09. The molecule has 3 nitrogen and oxygen atoms in total. The van der Waals surface area contributed by atoms with E-state index in [2.05, 4.69) is 4.98 Å². The van der Waals surface area contributed by atoms with E-state index in [9.17, 15) is 5.11 Å². The van der Waals surface area contributed by atoms with Crippen LogP contribution in [0.4, 0.5) is 0 Å². The predicted molar refractivity (Wildman–Crippen MR) is 78.2 cm³/mol. The molecule has 0 aliphatic heterocycles. The molecule has 100 valence electrons. The Morgan fingerprint density at radius 2 is 2.00 bits per heavy atom. The molecule has 1 aromatic carbocycles. The predicted octanol–water partition coefficient (Wildman–Crippen LogP) is 4.05. The van der Waals surface area contributed by atoms with Crippen LogP contribution in [-0.2, 0) is 5.75 Å². The van der Waals surface area contributed by atoms with Crippen molar-refractivity contribution in [3.05, 3.63) is 46.7 Å². The van der Waals surface area contributed by atoms with Crippen molar-refractivity contribution in [3.8, 4) is 11.5 Å². The van der Waals surface area contributed by atoms with Crippen LogP contribution in [0, 0.1) is 6.92 Å². The van der Waals surface area contributed by atoms with Gasteiger partial charge in [0.15, 0.2) is 10.9 Å². The van der Waals surface area contributed by atoms with Gasteiger partial charge in [-0.25, -0.2) is 4.98 Å². The van der Waals surface area contributed by atoms with Gasteiger partial charge in [0.1, 0.15) is 5.75 Å². The van der Waals surface area contributed by atoms with Crippen LogP contribution in [0.2, 0.25) is 5.15 Å². The number of hydrogen-bond donors (Lipinski definition) is 1. The second kappa shape index (κ2) is 6.17. The number of halogens is 1. The molecule has 1 N–H and O–H groups in total. The Morgan fingerprint density at radius 1 is 1.32 bits per heavy atom. The quantitative estimate of drug-likeness (QED) is 0.682. The highest BCUT2D eigenvalue weighted by Crippen LogP contribution is 2.35. The Balaban J connectivity index is 2.09. The Morgan fingerprint density at radius 3 is 2.63 bits per heavy atom. The second-order valence-corrected chi connectivity index (χ2v) is 5.41. The molecule has 0 unspecified atom stereocenters. The summed E-state index contributed by atoms with van der Waals surface area (Å²) in [4.78, 5) is 4.74. The maximum absolute atomic E-state index is 9.85. The number of aryl methyl sites for hydroxylation is 1. The summed E-state index contributed by atoms with van der Waals surface area (Å²) < 4.78 is 5.11. The fraction of sp³-hybridized carbons (Fsp3) is 0.214. The topological polar surface area (TPSA) is 42.4 Å². The van der Waals surface area contributed by atoms with Gasteiger partial charge in [-0.05, 0) is 30.7 Å². The molecule has 0 spiro atoms. The zero-order valence-corrected chi connectivity index (χ0v) is 12.3. The summed E-state index contributed by atoms with van der Waals surface area (Å²) >= 11 is 7.38.